The van der Waals surface area contributed by atoms with Crippen molar-refractivity contribution < 1.29 is 76.3 Å². The molecule has 0 fully saturated rings. The number of rotatable bonds is 15. The summed E-state index contributed by atoms with van der Waals surface area (Å²) < 4.78 is 38.3. The van der Waals surface area contributed by atoms with E-state index in [2.05, 4.69) is 0 Å². The van der Waals surface area contributed by atoms with Crippen LogP contribution in [-0.2, 0) is 76.3 Å². The highest BCUT2D eigenvalue weighted by atomic mass is 16.7. The van der Waals surface area contributed by atoms with Crippen molar-refractivity contribution in [2.24, 2.45) is 0 Å². The van der Waals surface area contributed by atoms with Gasteiger partial charge in [-0.1, -0.05) is 0 Å². The maximum absolute atomic E-state index is 10.9. The number of ether oxygens (including phenoxy) is 8. The van der Waals surface area contributed by atoms with Crippen LogP contribution < -0.4 is 0 Å². The molecule has 0 spiro atoms. The minimum atomic E-state index is -1.13. The number of esters is 8. The normalized spacial score (nSPS) is 10.1. The molecule has 0 rings (SSSR count). The summed E-state index contributed by atoms with van der Waals surface area (Å²) in [7, 11) is 0. The first kappa shape index (κ1) is 38.9. The molecule has 234 valence electrons. The van der Waals surface area contributed by atoms with E-state index in [1.165, 1.54) is 27.7 Å². The molecule has 0 aromatic carbocycles. The topological polar surface area (TPSA) is 210 Å². The van der Waals surface area contributed by atoms with Crippen LogP contribution in [0.5, 0.6) is 0 Å². The first-order valence-electron chi connectivity index (χ1n) is 12.3. The van der Waals surface area contributed by atoms with E-state index in [4.69, 9.17) is 37.9 Å². The lowest BCUT2D eigenvalue weighted by atomic mass is 10.2. The largest absolute Gasteiger partial charge is 0.425 e. The average Bonchev–Trinajstić information content (AvgIpc) is 2.74. The Morgan fingerprint density at radius 1 is 0.317 bits per heavy atom. The average molecular weight is 595 g/mol. The molecule has 0 unspecified atom stereocenters. The van der Waals surface area contributed by atoms with Gasteiger partial charge in [0.05, 0.1) is 0 Å². The lowest BCUT2D eigenvalue weighted by molar-refractivity contribution is -0.199. The number of hydrogen-bond donors (Lipinski definition) is 0. The molecule has 16 nitrogen and oxygen atoms in total. The van der Waals surface area contributed by atoms with E-state index in [-0.39, 0.29) is 25.7 Å². The zero-order valence-electron chi connectivity index (χ0n) is 24.4. The fourth-order valence-corrected chi connectivity index (χ4v) is 2.77. The molecule has 0 aliphatic rings. The standard InChI is InChI=1S/C13H20O8.C12H18O8/c1-8(14)18-12(19-9(2)15)6-5-7-13(20-10(3)16)21-11(4)17;1-7(13)17-11(18-8(2)14)5-6-12(19-9(3)15)20-10(4)16/h12-13H,5-7H2,1-4H3;11-12H,5-6H2,1-4H3. The van der Waals surface area contributed by atoms with Gasteiger partial charge in [0.15, 0.2) is 0 Å². The summed E-state index contributed by atoms with van der Waals surface area (Å²) in [6, 6.07) is 0. The first-order chi connectivity index (χ1) is 18.9. The lowest BCUT2D eigenvalue weighted by Gasteiger charge is -2.20. The van der Waals surface area contributed by atoms with Crippen molar-refractivity contribution >= 4 is 47.8 Å². The summed E-state index contributed by atoms with van der Waals surface area (Å²) >= 11 is 0. The molecular formula is C25H38O16. The monoisotopic (exact) mass is 594 g/mol. The lowest BCUT2D eigenvalue weighted by Crippen LogP contribution is -2.27. The van der Waals surface area contributed by atoms with E-state index in [1.54, 1.807) is 0 Å². The summed E-state index contributed by atoms with van der Waals surface area (Å²) in [5.41, 5.74) is 0. The maximum Gasteiger partial charge on any atom is 0.305 e. The van der Waals surface area contributed by atoms with Crippen molar-refractivity contribution in [3.8, 4) is 0 Å². The highest BCUT2D eigenvalue weighted by molar-refractivity contribution is 5.69. The van der Waals surface area contributed by atoms with Crippen LogP contribution in [0.1, 0.15) is 87.5 Å². The fourth-order valence-electron chi connectivity index (χ4n) is 2.77. The highest BCUT2D eigenvalue weighted by Crippen LogP contribution is 2.13. The second-order valence-corrected chi connectivity index (χ2v) is 8.10. The third kappa shape index (κ3) is 27.1. The van der Waals surface area contributed by atoms with Crippen LogP contribution >= 0.6 is 0 Å². The van der Waals surface area contributed by atoms with Gasteiger partial charge in [0, 0.05) is 81.1 Å². The molecule has 0 radical (unpaired) electrons. The van der Waals surface area contributed by atoms with E-state index >= 15 is 0 Å². The van der Waals surface area contributed by atoms with Gasteiger partial charge in [-0.25, -0.2) is 0 Å². The van der Waals surface area contributed by atoms with Crippen LogP contribution in [0.15, 0.2) is 0 Å². The van der Waals surface area contributed by atoms with Crippen LogP contribution in [-0.4, -0.2) is 72.9 Å². The third-order valence-corrected chi connectivity index (χ3v) is 3.90. The van der Waals surface area contributed by atoms with Crippen LogP contribution in [0.25, 0.3) is 0 Å². The molecule has 16 heteroatoms. The summed E-state index contributed by atoms with van der Waals surface area (Å²) in [5.74, 6) is -4.87. The Morgan fingerprint density at radius 3 is 0.610 bits per heavy atom. The number of hydrogen-bond acceptors (Lipinski definition) is 16. The summed E-state index contributed by atoms with van der Waals surface area (Å²) in [6.45, 7) is 9.40. The van der Waals surface area contributed by atoms with Gasteiger partial charge in [-0.15, -0.1) is 0 Å². The molecule has 0 aliphatic carbocycles. The molecule has 0 aliphatic heterocycles. The highest BCUT2D eigenvalue weighted by Gasteiger charge is 2.22. The van der Waals surface area contributed by atoms with Gasteiger partial charge in [-0.05, 0) is 6.42 Å². The summed E-state index contributed by atoms with van der Waals surface area (Å²) in [6.07, 6.45) is -3.52. The Labute approximate surface area is 237 Å². The van der Waals surface area contributed by atoms with Crippen molar-refractivity contribution in [1.29, 1.82) is 0 Å². The Balaban J connectivity index is 0. The predicted octanol–water partition coefficient (Wildman–Crippen LogP) is 1.73. The zero-order valence-corrected chi connectivity index (χ0v) is 24.4. The first-order valence-corrected chi connectivity index (χ1v) is 12.3. The van der Waals surface area contributed by atoms with Crippen LogP contribution in [0.3, 0.4) is 0 Å². The second-order valence-electron chi connectivity index (χ2n) is 8.10. The molecule has 0 aromatic heterocycles. The minimum Gasteiger partial charge on any atom is -0.425 e. The quantitative estimate of drug-likeness (QED) is 0.150. The van der Waals surface area contributed by atoms with Gasteiger partial charge < -0.3 is 37.9 Å². The third-order valence-electron chi connectivity index (χ3n) is 3.90. The maximum atomic E-state index is 10.9. The molecule has 0 saturated carbocycles. The van der Waals surface area contributed by atoms with Gasteiger partial charge in [0.25, 0.3) is 0 Å². The summed E-state index contributed by atoms with van der Waals surface area (Å²) in [4.78, 5) is 86.9. The molecule has 0 atom stereocenters. The summed E-state index contributed by atoms with van der Waals surface area (Å²) in [5, 5.41) is 0. The van der Waals surface area contributed by atoms with Crippen LogP contribution in [0.2, 0.25) is 0 Å². The molecule has 0 aromatic rings. The number of carbonyl (C=O) groups is 8. The molecule has 0 bridgehead atoms. The van der Waals surface area contributed by atoms with Crippen molar-refractivity contribution in [2.75, 3.05) is 0 Å². The van der Waals surface area contributed by atoms with Crippen molar-refractivity contribution in [2.45, 2.75) is 113 Å². The number of carbonyl (C=O) groups excluding carboxylic acids is 8. The van der Waals surface area contributed by atoms with Gasteiger partial charge >= 0.3 is 47.8 Å². The smallest absolute Gasteiger partial charge is 0.305 e. The second kappa shape index (κ2) is 21.6. The predicted molar refractivity (Wildman–Crippen MR) is 132 cm³/mol. The molecule has 0 heterocycles. The van der Waals surface area contributed by atoms with Gasteiger partial charge in [-0.3, -0.25) is 38.4 Å². The van der Waals surface area contributed by atoms with Crippen LogP contribution in [0.4, 0.5) is 0 Å². The van der Waals surface area contributed by atoms with Crippen molar-refractivity contribution in [1.82, 2.24) is 0 Å². The van der Waals surface area contributed by atoms with Crippen molar-refractivity contribution in [3.63, 3.8) is 0 Å². The fraction of sp³-hybridized carbons (Fsp3) is 0.680. The zero-order chi connectivity index (χ0) is 32.1. The van der Waals surface area contributed by atoms with E-state index in [0.29, 0.717) is 6.42 Å². The van der Waals surface area contributed by atoms with Gasteiger partial charge in [-0.2, -0.15) is 0 Å². The van der Waals surface area contributed by atoms with Crippen LogP contribution in [0, 0.1) is 0 Å². The van der Waals surface area contributed by atoms with E-state index in [9.17, 15) is 38.4 Å². The van der Waals surface area contributed by atoms with E-state index in [0.717, 1.165) is 27.7 Å². The molecule has 41 heavy (non-hydrogen) atoms. The van der Waals surface area contributed by atoms with E-state index < -0.39 is 72.9 Å². The van der Waals surface area contributed by atoms with E-state index in [1.807, 2.05) is 0 Å². The molecule has 0 N–H and O–H groups in total. The minimum absolute atomic E-state index is 0.0182. The van der Waals surface area contributed by atoms with Crippen molar-refractivity contribution in [3.05, 3.63) is 0 Å². The van der Waals surface area contributed by atoms with Gasteiger partial charge in [0.1, 0.15) is 0 Å². The Hall–Kier alpha value is -4.24. The molecule has 0 amide bonds. The molecular weight excluding hydrogens is 556 g/mol. The van der Waals surface area contributed by atoms with Gasteiger partial charge in [0.2, 0.25) is 25.2 Å². The Morgan fingerprint density at radius 2 is 0.463 bits per heavy atom. The Bertz CT molecular complexity index is 775. The Kier molecular flexibility index (Phi) is 20.5. The molecule has 0 saturated heterocycles. The SMILES string of the molecule is CC(=O)OC(CCC(OC(C)=O)OC(C)=O)OC(C)=O.CC(=O)OC(CCCC(OC(C)=O)OC(C)=O)OC(C)=O.